The predicted octanol–water partition coefficient (Wildman–Crippen LogP) is 1.38. The van der Waals surface area contributed by atoms with Gasteiger partial charge >= 0.3 is 18.3 Å². The molecular weight excluding hydrogens is 192 g/mol. The standard InChI is InChI=1S/C8H10O6/c9-6-4-2-1-3-5-12-7(10)14-8(11)13-6/h1-5H2. The predicted molar refractivity (Wildman–Crippen MR) is 42.4 cm³/mol. The molecule has 0 unspecified atom stereocenters. The molecular formula is C8H10O6. The number of cyclic esters (lactones) is 5. The monoisotopic (exact) mass is 202 g/mol. The molecule has 1 saturated heterocycles. The molecule has 0 radical (unpaired) electrons. The molecule has 1 aliphatic heterocycles. The molecule has 1 aliphatic rings. The third-order valence-electron chi connectivity index (χ3n) is 1.61. The highest BCUT2D eigenvalue weighted by Crippen LogP contribution is 2.05. The number of rotatable bonds is 0. The number of hydrogen-bond acceptors (Lipinski definition) is 6. The van der Waals surface area contributed by atoms with Crippen molar-refractivity contribution < 1.29 is 28.6 Å². The number of ether oxygens (including phenoxy) is 3. The first kappa shape index (κ1) is 10.5. The largest absolute Gasteiger partial charge is 0.526 e. The van der Waals surface area contributed by atoms with Crippen LogP contribution in [0.4, 0.5) is 9.59 Å². The maximum Gasteiger partial charge on any atom is 0.526 e. The van der Waals surface area contributed by atoms with E-state index >= 15 is 0 Å². The summed E-state index contributed by atoms with van der Waals surface area (Å²) in [6.07, 6.45) is -0.355. The van der Waals surface area contributed by atoms with E-state index in [-0.39, 0.29) is 13.0 Å². The van der Waals surface area contributed by atoms with Gasteiger partial charge in [-0.1, -0.05) is 0 Å². The highest BCUT2D eigenvalue weighted by atomic mass is 16.8. The van der Waals surface area contributed by atoms with E-state index in [0.29, 0.717) is 12.8 Å². The third-order valence-corrected chi connectivity index (χ3v) is 1.61. The van der Waals surface area contributed by atoms with Crippen LogP contribution in [0.3, 0.4) is 0 Å². The van der Waals surface area contributed by atoms with Crippen molar-refractivity contribution >= 4 is 18.3 Å². The molecule has 0 N–H and O–H groups in total. The second-order valence-electron chi connectivity index (χ2n) is 2.74. The van der Waals surface area contributed by atoms with E-state index in [0.717, 1.165) is 6.42 Å². The molecule has 0 saturated carbocycles. The topological polar surface area (TPSA) is 78.9 Å². The summed E-state index contributed by atoms with van der Waals surface area (Å²) in [4.78, 5) is 32.2. The van der Waals surface area contributed by atoms with E-state index in [1.807, 2.05) is 0 Å². The summed E-state index contributed by atoms with van der Waals surface area (Å²) in [6.45, 7) is 0.181. The Kier molecular flexibility index (Phi) is 3.90. The zero-order valence-corrected chi connectivity index (χ0v) is 7.49. The second kappa shape index (κ2) is 5.21. The van der Waals surface area contributed by atoms with Crippen LogP contribution >= 0.6 is 0 Å². The summed E-state index contributed by atoms with van der Waals surface area (Å²) < 4.78 is 12.7. The summed E-state index contributed by atoms with van der Waals surface area (Å²) in [5.74, 6) is -0.690. The summed E-state index contributed by atoms with van der Waals surface area (Å²) >= 11 is 0. The van der Waals surface area contributed by atoms with Crippen LogP contribution in [0.1, 0.15) is 25.7 Å². The lowest BCUT2D eigenvalue weighted by molar-refractivity contribution is -0.139. The molecule has 1 heterocycles. The first-order valence-corrected chi connectivity index (χ1v) is 4.28. The lowest BCUT2D eigenvalue weighted by atomic mass is 10.2. The van der Waals surface area contributed by atoms with Crippen LogP contribution in [0.15, 0.2) is 0 Å². The smallest absolute Gasteiger partial charge is 0.434 e. The van der Waals surface area contributed by atoms with Crippen LogP contribution in [0.2, 0.25) is 0 Å². The van der Waals surface area contributed by atoms with Crippen molar-refractivity contribution in [1.82, 2.24) is 0 Å². The molecule has 0 amide bonds. The second-order valence-corrected chi connectivity index (χ2v) is 2.74. The molecule has 1 rings (SSSR count). The van der Waals surface area contributed by atoms with Crippen molar-refractivity contribution in [3.63, 3.8) is 0 Å². The molecule has 0 spiro atoms. The van der Waals surface area contributed by atoms with Gasteiger partial charge in [-0.3, -0.25) is 4.79 Å². The van der Waals surface area contributed by atoms with Gasteiger partial charge in [-0.2, -0.15) is 0 Å². The summed E-state index contributed by atoms with van der Waals surface area (Å²) in [6, 6.07) is 0. The maximum atomic E-state index is 10.9. The number of carbonyl (C=O) groups is 3. The molecule has 14 heavy (non-hydrogen) atoms. The first-order chi connectivity index (χ1) is 6.68. The van der Waals surface area contributed by atoms with Gasteiger partial charge in [0.15, 0.2) is 0 Å². The Bertz CT molecular complexity index is 222. The zero-order valence-electron chi connectivity index (χ0n) is 7.49. The van der Waals surface area contributed by atoms with Crippen molar-refractivity contribution in [3.05, 3.63) is 0 Å². The van der Waals surface area contributed by atoms with Crippen LogP contribution in [-0.4, -0.2) is 24.9 Å². The Balaban J connectivity index is 2.48. The summed E-state index contributed by atoms with van der Waals surface area (Å²) in [7, 11) is 0. The van der Waals surface area contributed by atoms with E-state index in [4.69, 9.17) is 0 Å². The van der Waals surface area contributed by atoms with Crippen molar-refractivity contribution in [2.24, 2.45) is 0 Å². The molecule has 0 bridgehead atoms. The number of esters is 1. The van der Waals surface area contributed by atoms with E-state index in [9.17, 15) is 14.4 Å². The molecule has 6 nitrogen and oxygen atoms in total. The summed E-state index contributed by atoms with van der Waals surface area (Å²) in [5.41, 5.74) is 0. The molecule has 0 aromatic rings. The highest BCUT2D eigenvalue weighted by Gasteiger charge is 2.17. The first-order valence-electron chi connectivity index (χ1n) is 4.28. The van der Waals surface area contributed by atoms with E-state index < -0.39 is 18.3 Å². The van der Waals surface area contributed by atoms with Crippen molar-refractivity contribution in [3.8, 4) is 0 Å². The quantitative estimate of drug-likeness (QED) is 0.436. The molecule has 1 fully saturated rings. The average Bonchev–Trinajstić information content (AvgIpc) is 2.11. The zero-order chi connectivity index (χ0) is 10.4. The van der Waals surface area contributed by atoms with Crippen molar-refractivity contribution in [2.75, 3.05) is 6.61 Å². The van der Waals surface area contributed by atoms with E-state index in [1.54, 1.807) is 0 Å². The fraction of sp³-hybridized carbons (Fsp3) is 0.625. The highest BCUT2D eigenvalue weighted by molar-refractivity contribution is 5.86. The Labute approximate surface area is 80.1 Å². The molecule has 6 heteroatoms. The average molecular weight is 202 g/mol. The van der Waals surface area contributed by atoms with Gasteiger partial charge in [-0.15, -0.1) is 0 Å². The minimum atomic E-state index is -1.33. The van der Waals surface area contributed by atoms with Crippen LogP contribution < -0.4 is 0 Å². The van der Waals surface area contributed by atoms with Gasteiger partial charge in [-0.05, 0) is 19.3 Å². The Morgan fingerprint density at radius 2 is 1.64 bits per heavy atom. The lowest BCUT2D eigenvalue weighted by Crippen LogP contribution is -2.17. The van der Waals surface area contributed by atoms with E-state index in [1.165, 1.54) is 0 Å². The molecule has 0 aliphatic carbocycles. The van der Waals surface area contributed by atoms with Crippen LogP contribution in [-0.2, 0) is 19.0 Å². The number of hydrogen-bond donors (Lipinski definition) is 0. The van der Waals surface area contributed by atoms with Gasteiger partial charge in [0.05, 0.1) is 6.61 Å². The SMILES string of the molecule is O=C1CCCCCOC(=O)OC(=O)O1. The fourth-order valence-electron chi connectivity index (χ4n) is 0.966. The third kappa shape index (κ3) is 3.88. The van der Waals surface area contributed by atoms with Gasteiger partial charge in [0.1, 0.15) is 0 Å². The fourth-order valence-corrected chi connectivity index (χ4v) is 0.966. The molecule has 0 aromatic heterocycles. The van der Waals surface area contributed by atoms with Gasteiger partial charge < -0.3 is 14.2 Å². The molecule has 0 aromatic carbocycles. The lowest BCUT2D eigenvalue weighted by Gasteiger charge is -2.01. The van der Waals surface area contributed by atoms with Gasteiger partial charge in [0, 0.05) is 6.42 Å². The van der Waals surface area contributed by atoms with Gasteiger partial charge in [0.2, 0.25) is 0 Å². The Morgan fingerprint density at radius 3 is 2.43 bits per heavy atom. The molecule has 0 atom stereocenters. The van der Waals surface area contributed by atoms with Gasteiger partial charge in [0.25, 0.3) is 0 Å². The van der Waals surface area contributed by atoms with E-state index in [2.05, 4.69) is 14.2 Å². The normalized spacial score (nSPS) is 20.1. The molecule has 78 valence electrons. The number of carbonyl (C=O) groups excluding carboxylic acids is 3. The maximum absolute atomic E-state index is 10.9. The van der Waals surface area contributed by atoms with Gasteiger partial charge in [-0.25, -0.2) is 9.59 Å². The van der Waals surface area contributed by atoms with Crippen molar-refractivity contribution in [2.45, 2.75) is 25.7 Å². The Hall–Kier alpha value is -1.59. The summed E-state index contributed by atoms with van der Waals surface area (Å²) in [5, 5.41) is 0. The van der Waals surface area contributed by atoms with Crippen LogP contribution in [0.25, 0.3) is 0 Å². The minimum absolute atomic E-state index is 0.142. The van der Waals surface area contributed by atoms with Crippen LogP contribution in [0.5, 0.6) is 0 Å². The minimum Gasteiger partial charge on any atom is -0.434 e. The van der Waals surface area contributed by atoms with Crippen LogP contribution in [0, 0.1) is 0 Å². The Morgan fingerprint density at radius 1 is 0.857 bits per heavy atom. The van der Waals surface area contributed by atoms with Crippen molar-refractivity contribution in [1.29, 1.82) is 0 Å².